The van der Waals surface area contributed by atoms with Gasteiger partial charge in [0.15, 0.2) is 0 Å². The summed E-state index contributed by atoms with van der Waals surface area (Å²) in [7, 11) is 0. The number of ketones is 1. The summed E-state index contributed by atoms with van der Waals surface area (Å²) >= 11 is 0. The van der Waals surface area contributed by atoms with Crippen LogP contribution in [0.3, 0.4) is 0 Å². The normalized spacial score (nSPS) is 9.69. The Labute approximate surface area is 74.4 Å². The van der Waals surface area contributed by atoms with Crippen molar-refractivity contribution < 1.29 is 13.6 Å². The maximum absolute atomic E-state index is 11.9. The molecule has 13 heavy (non-hydrogen) atoms. The zero-order valence-electron chi connectivity index (χ0n) is 6.63. The van der Waals surface area contributed by atoms with E-state index in [4.69, 9.17) is 6.42 Å². The second-order valence-corrected chi connectivity index (χ2v) is 2.39. The number of Topliss-reactive ketones (excluding diaryl/α,β-unsaturated/α-hetero) is 1. The lowest BCUT2D eigenvalue weighted by Gasteiger charge is -1.98. The summed E-state index contributed by atoms with van der Waals surface area (Å²) in [4.78, 5) is 10.7. The van der Waals surface area contributed by atoms with Gasteiger partial charge in [0.05, 0.1) is 0 Å². The highest BCUT2D eigenvalue weighted by Gasteiger charge is 2.16. The van der Waals surface area contributed by atoms with Crippen LogP contribution in [0.25, 0.3) is 0 Å². The van der Waals surface area contributed by atoms with E-state index in [1.807, 2.05) is 0 Å². The van der Waals surface area contributed by atoms with Gasteiger partial charge in [0.1, 0.15) is 0 Å². The minimum Gasteiger partial charge on any atom is -0.288 e. The van der Waals surface area contributed by atoms with Crippen molar-refractivity contribution >= 4 is 5.78 Å². The fourth-order valence-electron chi connectivity index (χ4n) is 0.857. The number of carbonyl (C=O) groups excluding carboxylic acids is 1. The molecule has 66 valence electrons. The van der Waals surface area contributed by atoms with Gasteiger partial charge in [-0.25, -0.2) is 8.78 Å². The molecule has 0 atom stereocenters. The number of carbonyl (C=O) groups is 1. The molecular weight excluding hydrogens is 174 g/mol. The van der Waals surface area contributed by atoms with Crippen molar-refractivity contribution in [2.75, 3.05) is 0 Å². The van der Waals surface area contributed by atoms with Gasteiger partial charge in [-0.3, -0.25) is 4.79 Å². The van der Waals surface area contributed by atoms with E-state index in [-0.39, 0.29) is 5.56 Å². The van der Waals surface area contributed by atoms with Crippen LogP contribution in [-0.2, 0) is 0 Å². The maximum Gasteiger partial charge on any atom is 0.300 e. The van der Waals surface area contributed by atoms with Crippen LogP contribution in [-0.4, -0.2) is 12.2 Å². The third-order valence-corrected chi connectivity index (χ3v) is 1.53. The van der Waals surface area contributed by atoms with Gasteiger partial charge in [-0.15, -0.1) is 6.42 Å². The zero-order valence-corrected chi connectivity index (χ0v) is 6.63. The molecule has 0 aliphatic rings. The predicted octanol–water partition coefficient (Wildman–Crippen LogP) is 2.12. The van der Waals surface area contributed by atoms with Crippen molar-refractivity contribution in [3.8, 4) is 12.3 Å². The Hall–Kier alpha value is -1.69. The first kappa shape index (κ1) is 9.40. The summed E-state index contributed by atoms with van der Waals surface area (Å²) in [6.45, 7) is 0. The summed E-state index contributed by atoms with van der Waals surface area (Å²) < 4.78 is 23.8. The average Bonchev–Trinajstić information content (AvgIpc) is 2.17. The first-order chi connectivity index (χ1) is 6.15. The van der Waals surface area contributed by atoms with Crippen molar-refractivity contribution in [1.82, 2.24) is 0 Å². The number of benzene rings is 1. The van der Waals surface area contributed by atoms with E-state index in [9.17, 15) is 13.6 Å². The molecule has 0 unspecified atom stereocenters. The Morgan fingerprint density at radius 1 is 1.31 bits per heavy atom. The second-order valence-electron chi connectivity index (χ2n) is 2.39. The molecule has 0 aromatic heterocycles. The molecule has 0 saturated carbocycles. The second kappa shape index (κ2) is 3.81. The fraction of sp³-hybridized carbons (Fsp3) is 0.100. The maximum atomic E-state index is 11.9. The summed E-state index contributed by atoms with van der Waals surface area (Å²) in [6.07, 6.45) is 2.09. The van der Waals surface area contributed by atoms with E-state index in [1.54, 1.807) is 0 Å². The van der Waals surface area contributed by atoms with Gasteiger partial charge in [-0.05, 0) is 24.3 Å². The molecule has 1 aromatic rings. The highest BCUT2D eigenvalue weighted by molar-refractivity contribution is 5.98. The van der Waals surface area contributed by atoms with E-state index in [0.717, 1.165) is 0 Å². The Kier molecular flexibility index (Phi) is 2.76. The molecule has 0 bridgehead atoms. The molecule has 0 saturated heterocycles. The quantitative estimate of drug-likeness (QED) is 0.503. The van der Waals surface area contributed by atoms with E-state index in [2.05, 4.69) is 5.92 Å². The van der Waals surface area contributed by atoms with Gasteiger partial charge in [0.2, 0.25) is 5.78 Å². The number of terminal acetylenes is 1. The number of halogens is 2. The predicted molar refractivity (Wildman–Crippen MR) is 44.7 cm³/mol. The van der Waals surface area contributed by atoms with E-state index in [0.29, 0.717) is 5.56 Å². The van der Waals surface area contributed by atoms with Crippen LogP contribution in [0.4, 0.5) is 8.78 Å². The molecule has 0 radical (unpaired) electrons. The van der Waals surface area contributed by atoms with Gasteiger partial charge >= 0.3 is 6.43 Å². The average molecular weight is 180 g/mol. The van der Waals surface area contributed by atoms with Gasteiger partial charge in [-0.1, -0.05) is 5.92 Å². The number of alkyl halides is 2. The minimum atomic E-state index is -2.96. The Bertz CT molecular complexity index is 346. The standard InChI is InChI=1S/C10H6F2O/c1-2-7-3-5-8(6-4-7)9(13)10(11)12/h1,3-6,10H. The number of hydrogen-bond donors (Lipinski definition) is 0. The van der Waals surface area contributed by atoms with Crippen molar-refractivity contribution in [1.29, 1.82) is 0 Å². The number of hydrogen-bond acceptors (Lipinski definition) is 1. The SMILES string of the molecule is C#Cc1ccc(C(=O)C(F)F)cc1. The van der Waals surface area contributed by atoms with E-state index < -0.39 is 12.2 Å². The molecule has 1 nitrogen and oxygen atoms in total. The molecule has 0 spiro atoms. The van der Waals surface area contributed by atoms with E-state index >= 15 is 0 Å². The third kappa shape index (κ3) is 2.12. The van der Waals surface area contributed by atoms with Crippen LogP contribution in [0.2, 0.25) is 0 Å². The summed E-state index contributed by atoms with van der Waals surface area (Å²) in [5, 5.41) is 0. The molecule has 0 heterocycles. The lowest BCUT2D eigenvalue weighted by Crippen LogP contribution is -2.09. The van der Waals surface area contributed by atoms with Crippen molar-refractivity contribution in [2.24, 2.45) is 0 Å². The molecule has 0 fully saturated rings. The summed E-state index contributed by atoms with van der Waals surface area (Å²) in [5.74, 6) is 1.15. The zero-order chi connectivity index (χ0) is 9.84. The van der Waals surface area contributed by atoms with Gasteiger partial charge in [0.25, 0.3) is 0 Å². The summed E-state index contributed by atoms with van der Waals surface area (Å²) in [6, 6.07) is 5.50. The van der Waals surface area contributed by atoms with Gasteiger partial charge in [0, 0.05) is 11.1 Å². The van der Waals surface area contributed by atoms with Gasteiger partial charge in [-0.2, -0.15) is 0 Å². The Morgan fingerprint density at radius 3 is 2.23 bits per heavy atom. The molecule has 0 aliphatic heterocycles. The molecule has 0 amide bonds. The van der Waals surface area contributed by atoms with Crippen molar-refractivity contribution in [2.45, 2.75) is 6.43 Å². The first-order valence-electron chi connectivity index (χ1n) is 3.54. The van der Waals surface area contributed by atoms with Gasteiger partial charge < -0.3 is 0 Å². The lowest BCUT2D eigenvalue weighted by molar-refractivity contribution is 0.0679. The highest BCUT2D eigenvalue weighted by atomic mass is 19.3. The smallest absolute Gasteiger partial charge is 0.288 e. The molecule has 3 heteroatoms. The molecule has 1 rings (SSSR count). The third-order valence-electron chi connectivity index (χ3n) is 1.53. The van der Waals surface area contributed by atoms with Crippen LogP contribution < -0.4 is 0 Å². The molecular formula is C10H6F2O. The van der Waals surface area contributed by atoms with Crippen molar-refractivity contribution in [3.63, 3.8) is 0 Å². The first-order valence-corrected chi connectivity index (χ1v) is 3.54. The highest BCUT2D eigenvalue weighted by Crippen LogP contribution is 2.08. The van der Waals surface area contributed by atoms with Crippen LogP contribution >= 0.6 is 0 Å². The van der Waals surface area contributed by atoms with Crippen LogP contribution in [0.5, 0.6) is 0 Å². The molecule has 0 aliphatic carbocycles. The Morgan fingerprint density at radius 2 is 1.85 bits per heavy atom. The lowest BCUT2D eigenvalue weighted by atomic mass is 10.1. The Balaban J connectivity index is 2.94. The van der Waals surface area contributed by atoms with E-state index in [1.165, 1.54) is 24.3 Å². The fourth-order valence-corrected chi connectivity index (χ4v) is 0.857. The molecule has 0 N–H and O–H groups in total. The minimum absolute atomic E-state index is 0.0194. The topological polar surface area (TPSA) is 17.1 Å². The molecule has 1 aromatic carbocycles. The number of rotatable bonds is 2. The van der Waals surface area contributed by atoms with Crippen molar-refractivity contribution in [3.05, 3.63) is 35.4 Å². The summed E-state index contributed by atoms with van der Waals surface area (Å²) in [5.41, 5.74) is 0.541. The van der Waals surface area contributed by atoms with Crippen LogP contribution in [0.15, 0.2) is 24.3 Å². The van der Waals surface area contributed by atoms with Crippen LogP contribution in [0, 0.1) is 12.3 Å². The monoisotopic (exact) mass is 180 g/mol. The largest absolute Gasteiger partial charge is 0.300 e. The van der Waals surface area contributed by atoms with Crippen LogP contribution in [0.1, 0.15) is 15.9 Å².